The van der Waals surface area contributed by atoms with Crippen LogP contribution in [0.4, 0.5) is 14.5 Å². The number of nitrogens with zero attached hydrogens (tertiary/aromatic N) is 1. The number of nitro benzene ring substituents is 1. The van der Waals surface area contributed by atoms with Crippen molar-refractivity contribution in [1.82, 2.24) is 5.32 Å². The standard InChI is InChI=1S/C9H8F2N2O3/c1-12-4-9(14)5-2-7(11)8(13(15)16)3-6(5)10/h2-3,12H,4H2,1H3. The number of Topliss-reactive ketones (excluding diaryl/α,β-unsaturated/α-hetero) is 1. The molecule has 0 aliphatic carbocycles. The molecule has 0 bridgehead atoms. The Bertz CT molecular complexity index is 449. The summed E-state index contributed by atoms with van der Waals surface area (Å²) in [6.45, 7) is -0.172. The van der Waals surface area contributed by atoms with Crippen LogP contribution in [-0.2, 0) is 0 Å². The van der Waals surface area contributed by atoms with Crippen LogP contribution in [0, 0.1) is 21.7 Å². The van der Waals surface area contributed by atoms with Crippen LogP contribution < -0.4 is 5.32 Å². The van der Waals surface area contributed by atoms with E-state index in [9.17, 15) is 23.7 Å². The van der Waals surface area contributed by atoms with E-state index in [0.717, 1.165) is 0 Å². The molecule has 0 fully saturated rings. The highest BCUT2D eigenvalue weighted by Crippen LogP contribution is 2.21. The quantitative estimate of drug-likeness (QED) is 0.480. The first-order valence-electron chi connectivity index (χ1n) is 4.28. The van der Waals surface area contributed by atoms with Crippen molar-refractivity contribution in [1.29, 1.82) is 0 Å². The Morgan fingerprint density at radius 3 is 2.56 bits per heavy atom. The zero-order valence-electron chi connectivity index (χ0n) is 8.29. The molecule has 0 saturated heterocycles. The number of nitrogens with one attached hydrogen (secondary N) is 1. The van der Waals surface area contributed by atoms with E-state index in [4.69, 9.17) is 0 Å². The van der Waals surface area contributed by atoms with Gasteiger partial charge in [0.15, 0.2) is 5.78 Å². The summed E-state index contributed by atoms with van der Waals surface area (Å²) in [6, 6.07) is 0.936. The van der Waals surface area contributed by atoms with Gasteiger partial charge in [-0.05, 0) is 13.1 Å². The number of carbonyl (C=O) groups excluding carboxylic acids is 1. The smallest absolute Gasteiger partial charge is 0.307 e. The number of carbonyl (C=O) groups is 1. The number of hydrogen-bond acceptors (Lipinski definition) is 4. The summed E-state index contributed by atoms with van der Waals surface area (Å²) in [7, 11) is 1.47. The van der Waals surface area contributed by atoms with Gasteiger partial charge in [0, 0.05) is 0 Å². The number of nitro groups is 1. The van der Waals surface area contributed by atoms with E-state index in [-0.39, 0.29) is 6.54 Å². The Hall–Kier alpha value is -1.89. The van der Waals surface area contributed by atoms with Gasteiger partial charge in [-0.3, -0.25) is 14.9 Å². The van der Waals surface area contributed by atoms with Gasteiger partial charge in [-0.15, -0.1) is 0 Å². The molecule has 0 amide bonds. The van der Waals surface area contributed by atoms with Gasteiger partial charge >= 0.3 is 5.69 Å². The zero-order chi connectivity index (χ0) is 12.3. The number of rotatable bonds is 4. The molecule has 1 aromatic rings. The predicted octanol–water partition coefficient (Wildman–Crippen LogP) is 1.28. The third-order valence-electron chi connectivity index (χ3n) is 1.87. The molecule has 1 rings (SSSR count). The lowest BCUT2D eigenvalue weighted by Gasteiger charge is -2.02. The topological polar surface area (TPSA) is 72.2 Å². The number of hydrogen-bond donors (Lipinski definition) is 1. The maximum absolute atomic E-state index is 13.2. The maximum atomic E-state index is 13.2. The Morgan fingerprint density at radius 1 is 1.44 bits per heavy atom. The Morgan fingerprint density at radius 2 is 2.06 bits per heavy atom. The average Bonchev–Trinajstić information content (AvgIpc) is 2.20. The van der Waals surface area contributed by atoms with E-state index in [1.165, 1.54) is 7.05 Å². The Balaban J connectivity index is 3.20. The van der Waals surface area contributed by atoms with Gasteiger partial charge in [0.25, 0.3) is 0 Å². The van der Waals surface area contributed by atoms with Crippen molar-refractivity contribution in [2.45, 2.75) is 0 Å². The molecule has 0 aliphatic heterocycles. The monoisotopic (exact) mass is 230 g/mol. The van der Waals surface area contributed by atoms with Crippen molar-refractivity contribution < 1.29 is 18.5 Å². The molecule has 1 aromatic carbocycles. The molecule has 0 saturated carbocycles. The SMILES string of the molecule is CNCC(=O)c1cc(F)c([N+](=O)[O-])cc1F. The highest BCUT2D eigenvalue weighted by molar-refractivity contribution is 5.98. The summed E-state index contributed by atoms with van der Waals surface area (Å²) in [6.07, 6.45) is 0. The second-order valence-electron chi connectivity index (χ2n) is 2.99. The van der Waals surface area contributed by atoms with Crippen LogP contribution in [-0.4, -0.2) is 24.3 Å². The van der Waals surface area contributed by atoms with Crippen molar-refractivity contribution in [3.8, 4) is 0 Å². The van der Waals surface area contributed by atoms with Gasteiger partial charge in [-0.25, -0.2) is 4.39 Å². The maximum Gasteiger partial charge on any atom is 0.307 e. The van der Waals surface area contributed by atoms with E-state index in [0.29, 0.717) is 12.1 Å². The van der Waals surface area contributed by atoms with Crippen LogP contribution >= 0.6 is 0 Å². The van der Waals surface area contributed by atoms with E-state index in [1.54, 1.807) is 0 Å². The van der Waals surface area contributed by atoms with Crippen molar-refractivity contribution in [3.05, 3.63) is 39.4 Å². The number of benzene rings is 1. The normalized spacial score (nSPS) is 10.2. The minimum absolute atomic E-state index is 0.172. The molecule has 0 aliphatic rings. The van der Waals surface area contributed by atoms with Crippen LogP contribution in [0.3, 0.4) is 0 Å². The molecular weight excluding hydrogens is 222 g/mol. The average molecular weight is 230 g/mol. The van der Waals surface area contributed by atoms with Crippen molar-refractivity contribution in [3.63, 3.8) is 0 Å². The minimum Gasteiger partial charge on any atom is -0.313 e. The third kappa shape index (κ3) is 2.37. The summed E-state index contributed by atoms with van der Waals surface area (Å²) in [4.78, 5) is 20.5. The summed E-state index contributed by atoms with van der Waals surface area (Å²) < 4.78 is 26.3. The van der Waals surface area contributed by atoms with Crippen LogP contribution in [0.2, 0.25) is 0 Å². The Kier molecular flexibility index (Phi) is 3.62. The summed E-state index contributed by atoms with van der Waals surface area (Å²) in [5, 5.41) is 12.8. The molecule has 1 N–H and O–H groups in total. The van der Waals surface area contributed by atoms with Crippen LogP contribution in [0.25, 0.3) is 0 Å². The number of likely N-dealkylation sites (N-methyl/N-ethyl adjacent to an activating group) is 1. The molecule has 0 heterocycles. The van der Waals surface area contributed by atoms with E-state index < -0.39 is 33.6 Å². The van der Waals surface area contributed by atoms with Gasteiger partial charge < -0.3 is 5.32 Å². The van der Waals surface area contributed by atoms with Crippen molar-refractivity contribution >= 4 is 11.5 Å². The van der Waals surface area contributed by atoms with Gasteiger partial charge in [0.05, 0.1) is 23.1 Å². The largest absolute Gasteiger partial charge is 0.313 e. The second-order valence-corrected chi connectivity index (χ2v) is 2.99. The molecule has 16 heavy (non-hydrogen) atoms. The molecule has 0 spiro atoms. The molecule has 5 nitrogen and oxygen atoms in total. The molecule has 0 unspecified atom stereocenters. The molecule has 7 heteroatoms. The molecule has 0 radical (unpaired) electrons. The number of halogens is 2. The third-order valence-corrected chi connectivity index (χ3v) is 1.87. The molecule has 0 atom stereocenters. The zero-order valence-corrected chi connectivity index (χ0v) is 8.29. The minimum atomic E-state index is -1.23. The van der Waals surface area contributed by atoms with E-state index >= 15 is 0 Å². The molecule has 86 valence electrons. The summed E-state index contributed by atoms with van der Waals surface area (Å²) in [5.74, 6) is -3.01. The van der Waals surface area contributed by atoms with Crippen molar-refractivity contribution in [2.75, 3.05) is 13.6 Å². The van der Waals surface area contributed by atoms with Gasteiger partial charge in [0.2, 0.25) is 5.82 Å². The highest BCUT2D eigenvalue weighted by atomic mass is 19.1. The van der Waals surface area contributed by atoms with Crippen molar-refractivity contribution in [2.24, 2.45) is 0 Å². The summed E-state index contributed by atoms with van der Waals surface area (Å²) >= 11 is 0. The van der Waals surface area contributed by atoms with Crippen LogP contribution in [0.1, 0.15) is 10.4 Å². The fraction of sp³-hybridized carbons (Fsp3) is 0.222. The second kappa shape index (κ2) is 4.75. The van der Waals surface area contributed by atoms with Crippen LogP contribution in [0.5, 0.6) is 0 Å². The lowest BCUT2D eigenvalue weighted by Crippen LogP contribution is -2.20. The molecule has 0 aromatic heterocycles. The van der Waals surface area contributed by atoms with E-state index in [1.807, 2.05) is 0 Å². The Labute approximate surface area is 89.2 Å². The number of ketones is 1. The summed E-state index contributed by atoms with van der Waals surface area (Å²) in [5.41, 5.74) is -1.49. The lowest BCUT2D eigenvalue weighted by atomic mass is 10.1. The van der Waals surface area contributed by atoms with Gasteiger partial charge in [-0.1, -0.05) is 0 Å². The van der Waals surface area contributed by atoms with Crippen LogP contribution in [0.15, 0.2) is 12.1 Å². The first kappa shape index (κ1) is 12.2. The highest BCUT2D eigenvalue weighted by Gasteiger charge is 2.21. The fourth-order valence-electron chi connectivity index (χ4n) is 1.15. The van der Waals surface area contributed by atoms with E-state index in [2.05, 4.69) is 5.32 Å². The first-order chi connectivity index (χ1) is 7.47. The van der Waals surface area contributed by atoms with Gasteiger partial charge in [0.1, 0.15) is 5.82 Å². The first-order valence-corrected chi connectivity index (χ1v) is 4.28. The predicted molar refractivity (Wildman–Crippen MR) is 51.3 cm³/mol. The molecular formula is C9H8F2N2O3. The fourth-order valence-corrected chi connectivity index (χ4v) is 1.15. The lowest BCUT2D eigenvalue weighted by molar-refractivity contribution is -0.387. The van der Waals surface area contributed by atoms with Gasteiger partial charge in [-0.2, -0.15) is 4.39 Å².